The molecule has 1 amide bonds. The van der Waals surface area contributed by atoms with Gasteiger partial charge in [-0.3, -0.25) is 9.69 Å². The topological polar surface area (TPSA) is 54.7 Å². The SMILES string of the molecule is CCC(C)C(=O)NCC(c1ccc(C)o1)N1CCOCC1. The van der Waals surface area contributed by atoms with E-state index in [1.54, 1.807) is 0 Å². The normalized spacial score (nSPS) is 19.2. The third kappa shape index (κ3) is 4.32. The molecular formula is C16H26N2O3. The predicted molar refractivity (Wildman–Crippen MR) is 81.0 cm³/mol. The molecule has 0 aliphatic carbocycles. The summed E-state index contributed by atoms with van der Waals surface area (Å²) in [5.41, 5.74) is 0. The highest BCUT2D eigenvalue weighted by Gasteiger charge is 2.26. The van der Waals surface area contributed by atoms with Crippen LogP contribution in [0.2, 0.25) is 0 Å². The lowest BCUT2D eigenvalue weighted by Gasteiger charge is -2.33. The minimum Gasteiger partial charge on any atom is -0.465 e. The molecule has 5 nitrogen and oxygen atoms in total. The van der Waals surface area contributed by atoms with Crippen molar-refractivity contribution in [2.24, 2.45) is 5.92 Å². The zero-order valence-electron chi connectivity index (χ0n) is 13.2. The molecule has 0 saturated carbocycles. The molecule has 118 valence electrons. The van der Waals surface area contributed by atoms with E-state index in [-0.39, 0.29) is 17.9 Å². The number of aryl methyl sites for hydroxylation is 1. The summed E-state index contributed by atoms with van der Waals surface area (Å²) in [7, 11) is 0. The van der Waals surface area contributed by atoms with Crippen LogP contribution in [-0.2, 0) is 9.53 Å². The Balaban J connectivity index is 2.03. The molecule has 5 heteroatoms. The lowest BCUT2D eigenvalue weighted by atomic mass is 10.1. The second kappa shape index (κ2) is 7.61. The number of furan rings is 1. The summed E-state index contributed by atoms with van der Waals surface area (Å²) < 4.78 is 11.2. The Morgan fingerprint density at radius 1 is 1.38 bits per heavy atom. The van der Waals surface area contributed by atoms with Crippen LogP contribution in [-0.4, -0.2) is 43.7 Å². The first kappa shape index (κ1) is 16.0. The van der Waals surface area contributed by atoms with E-state index in [4.69, 9.17) is 9.15 Å². The zero-order valence-corrected chi connectivity index (χ0v) is 13.2. The highest BCUT2D eigenvalue weighted by atomic mass is 16.5. The number of nitrogens with one attached hydrogen (secondary N) is 1. The second-order valence-electron chi connectivity index (χ2n) is 5.67. The van der Waals surface area contributed by atoms with Gasteiger partial charge in [-0.15, -0.1) is 0 Å². The molecule has 0 bridgehead atoms. The van der Waals surface area contributed by atoms with Gasteiger partial charge in [-0.1, -0.05) is 13.8 Å². The lowest BCUT2D eigenvalue weighted by Crippen LogP contribution is -2.44. The van der Waals surface area contributed by atoms with Crippen LogP contribution >= 0.6 is 0 Å². The van der Waals surface area contributed by atoms with Gasteiger partial charge >= 0.3 is 0 Å². The summed E-state index contributed by atoms with van der Waals surface area (Å²) in [5.74, 6) is 1.98. The monoisotopic (exact) mass is 294 g/mol. The lowest BCUT2D eigenvalue weighted by molar-refractivity contribution is -0.125. The standard InChI is InChI=1S/C16H26N2O3/c1-4-12(2)16(19)17-11-14(15-6-5-13(3)21-15)18-7-9-20-10-8-18/h5-6,12,14H,4,7-11H2,1-3H3,(H,17,19). The fourth-order valence-electron chi connectivity index (χ4n) is 2.49. The molecule has 0 aromatic carbocycles. The highest BCUT2D eigenvalue weighted by molar-refractivity contribution is 5.78. The summed E-state index contributed by atoms with van der Waals surface area (Å²) in [5, 5.41) is 3.06. The Bertz CT molecular complexity index is 452. The predicted octanol–water partition coefficient (Wildman–Crippen LogP) is 2.12. The van der Waals surface area contributed by atoms with Crippen molar-refractivity contribution in [3.63, 3.8) is 0 Å². The Kier molecular flexibility index (Phi) is 5.82. The molecule has 2 heterocycles. The molecular weight excluding hydrogens is 268 g/mol. The molecule has 1 aromatic rings. The maximum absolute atomic E-state index is 12.0. The van der Waals surface area contributed by atoms with Gasteiger partial charge < -0.3 is 14.5 Å². The molecule has 1 aromatic heterocycles. The fraction of sp³-hybridized carbons (Fsp3) is 0.688. The minimum absolute atomic E-state index is 0.0497. The molecule has 2 atom stereocenters. The van der Waals surface area contributed by atoms with E-state index >= 15 is 0 Å². The molecule has 0 spiro atoms. The maximum atomic E-state index is 12.0. The van der Waals surface area contributed by atoms with Crippen LogP contribution in [0.25, 0.3) is 0 Å². The smallest absolute Gasteiger partial charge is 0.222 e. The zero-order chi connectivity index (χ0) is 15.2. The summed E-state index contributed by atoms with van der Waals surface area (Å²) in [6.07, 6.45) is 0.855. The number of rotatable bonds is 6. The van der Waals surface area contributed by atoms with E-state index in [0.29, 0.717) is 6.54 Å². The number of carbonyl (C=O) groups is 1. The average molecular weight is 294 g/mol. The maximum Gasteiger partial charge on any atom is 0.222 e. The second-order valence-corrected chi connectivity index (χ2v) is 5.67. The van der Waals surface area contributed by atoms with Crippen LogP contribution in [0.15, 0.2) is 16.5 Å². The van der Waals surface area contributed by atoms with Gasteiger partial charge in [0.25, 0.3) is 0 Å². The highest BCUT2D eigenvalue weighted by Crippen LogP contribution is 2.23. The van der Waals surface area contributed by atoms with Gasteiger partial charge in [-0.05, 0) is 25.5 Å². The summed E-state index contributed by atoms with van der Waals surface area (Å²) >= 11 is 0. The Labute approximate surface area is 126 Å². The van der Waals surface area contributed by atoms with E-state index in [9.17, 15) is 4.79 Å². The number of carbonyl (C=O) groups excluding carboxylic acids is 1. The third-order valence-corrected chi connectivity index (χ3v) is 4.11. The van der Waals surface area contributed by atoms with Crippen LogP contribution in [0.5, 0.6) is 0 Å². The molecule has 0 radical (unpaired) electrons. The quantitative estimate of drug-likeness (QED) is 0.873. The van der Waals surface area contributed by atoms with Crippen molar-refractivity contribution in [2.45, 2.75) is 33.2 Å². The van der Waals surface area contributed by atoms with Gasteiger partial charge in [0.1, 0.15) is 11.5 Å². The van der Waals surface area contributed by atoms with Crippen LogP contribution in [0.1, 0.15) is 37.8 Å². The Morgan fingerprint density at radius 3 is 2.67 bits per heavy atom. The van der Waals surface area contributed by atoms with Crippen molar-refractivity contribution in [3.8, 4) is 0 Å². The molecule has 2 rings (SSSR count). The third-order valence-electron chi connectivity index (χ3n) is 4.11. The summed E-state index contributed by atoms with van der Waals surface area (Å²) in [6.45, 7) is 9.70. The number of morpholine rings is 1. The first-order valence-electron chi connectivity index (χ1n) is 7.77. The van der Waals surface area contributed by atoms with Crippen molar-refractivity contribution in [1.29, 1.82) is 0 Å². The van der Waals surface area contributed by atoms with Crippen molar-refractivity contribution < 1.29 is 13.9 Å². The van der Waals surface area contributed by atoms with Gasteiger partial charge in [0.15, 0.2) is 0 Å². The van der Waals surface area contributed by atoms with E-state index in [1.165, 1.54) is 0 Å². The number of nitrogens with zero attached hydrogens (tertiary/aromatic N) is 1. The molecule has 1 saturated heterocycles. The molecule has 1 fully saturated rings. The van der Waals surface area contributed by atoms with Gasteiger partial charge in [-0.2, -0.15) is 0 Å². The van der Waals surface area contributed by atoms with Crippen molar-refractivity contribution in [3.05, 3.63) is 23.7 Å². The molecule has 2 unspecified atom stereocenters. The Hall–Kier alpha value is -1.33. The summed E-state index contributed by atoms with van der Waals surface area (Å²) in [6, 6.07) is 4.06. The summed E-state index contributed by atoms with van der Waals surface area (Å²) in [4.78, 5) is 14.3. The van der Waals surface area contributed by atoms with Gasteiger partial charge in [0.2, 0.25) is 5.91 Å². The van der Waals surface area contributed by atoms with E-state index in [2.05, 4.69) is 10.2 Å². The fourth-order valence-corrected chi connectivity index (χ4v) is 2.49. The van der Waals surface area contributed by atoms with Crippen LogP contribution in [0.3, 0.4) is 0 Å². The first-order chi connectivity index (χ1) is 10.1. The first-order valence-corrected chi connectivity index (χ1v) is 7.77. The van der Waals surface area contributed by atoms with Crippen LogP contribution < -0.4 is 5.32 Å². The molecule has 1 aliphatic heterocycles. The number of hydrogen-bond acceptors (Lipinski definition) is 4. The van der Waals surface area contributed by atoms with Crippen LogP contribution in [0, 0.1) is 12.8 Å². The van der Waals surface area contributed by atoms with Crippen LogP contribution in [0.4, 0.5) is 0 Å². The van der Waals surface area contributed by atoms with E-state index < -0.39 is 0 Å². The van der Waals surface area contributed by atoms with Gasteiger partial charge in [-0.25, -0.2) is 0 Å². The number of hydrogen-bond donors (Lipinski definition) is 1. The number of ether oxygens (including phenoxy) is 1. The minimum atomic E-state index is 0.0497. The molecule has 1 N–H and O–H groups in total. The van der Waals surface area contributed by atoms with Crippen molar-refractivity contribution in [2.75, 3.05) is 32.8 Å². The van der Waals surface area contributed by atoms with Gasteiger partial charge in [0, 0.05) is 25.6 Å². The van der Waals surface area contributed by atoms with E-state index in [1.807, 2.05) is 32.9 Å². The average Bonchev–Trinajstić information content (AvgIpc) is 2.93. The van der Waals surface area contributed by atoms with Crippen molar-refractivity contribution in [1.82, 2.24) is 10.2 Å². The van der Waals surface area contributed by atoms with Gasteiger partial charge in [0.05, 0.1) is 19.3 Å². The Morgan fingerprint density at radius 2 is 2.10 bits per heavy atom. The molecule has 21 heavy (non-hydrogen) atoms. The van der Waals surface area contributed by atoms with E-state index in [0.717, 1.165) is 44.2 Å². The van der Waals surface area contributed by atoms with Crippen molar-refractivity contribution >= 4 is 5.91 Å². The largest absolute Gasteiger partial charge is 0.465 e. The number of amides is 1. The molecule has 1 aliphatic rings.